The van der Waals surface area contributed by atoms with E-state index >= 15 is 0 Å². The third-order valence-corrected chi connectivity index (χ3v) is 2.74. The third-order valence-electron chi connectivity index (χ3n) is 2.74. The van der Waals surface area contributed by atoms with Crippen LogP contribution < -0.4 is 15.5 Å². The number of nitrogens with one attached hydrogen (secondary N) is 2. The molecule has 1 aromatic heterocycles. The molecule has 0 saturated carbocycles. The average molecular weight is 271 g/mol. The van der Waals surface area contributed by atoms with Crippen LogP contribution in [0.25, 0.3) is 0 Å². The van der Waals surface area contributed by atoms with Crippen molar-refractivity contribution in [2.45, 2.75) is 0 Å². The number of aromatic nitrogens is 2. The minimum absolute atomic E-state index is 0.270. The van der Waals surface area contributed by atoms with E-state index in [4.69, 9.17) is 0 Å². The van der Waals surface area contributed by atoms with Gasteiger partial charge in [-0.25, -0.2) is 4.98 Å². The molecule has 6 heteroatoms. The highest BCUT2D eigenvalue weighted by Gasteiger charge is 2.09. The first-order valence-corrected chi connectivity index (χ1v) is 6.18. The Morgan fingerprint density at radius 3 is 2.75 bits per heavy atom. The molecule has 1 amide bonds. The highest BCUT2D eigenvalue weighted by molar-refractivity contribution is 6.03. The Morgan fingerprint density at radius 2 is 2.05 bits per heavy atom. The maximum atomic E-state index is 12.1. The monoisotopic (exact) mass is 271 g/mol. The van der Waals surface area contributed by atoms with E-state index in [0.29, 0.717) is 5.82 Å². The van der Waals surface area contributed by atoms with Crippen molar-refractivity contribution in [2.75, 3.05) is 36.7 Å². The van der Waals surface area contributed by atoms with Crippen LogP contribution in [0.15, 0.2) is 36.7 Å². The summed E-state index contributed by atoms with van der Waals surface area (Å²) in [6, 6.07) is 7.59. The molecule has 0 fully saturated rings. The molecule has 0 saturated heterocycles. The molecule has 2 N–H and O–H groups in total. The summed E-state index contributed by atoms with van der Waals surface area (Å²) in [7, 11) is 5.62. The number of carbonyl (C=O) groups excluding carboxylic acids is 1. The second-order valence-corrected chi connectivity index (χ2v) is 4.44. The molecule has 0 radical (unpaired) electrons. The molecule has 1 heterocycles. The van der Waals surface area contributed by atoms with Crippen molar-refractivity contribution in [1.82, 2.24) is 9.97 Å². The largest absolute Gasteiger partial charge is 0.378 e. The van der Waals surface area contributed by atoms with Gasteiger partial charge in [0.15, 0.2) is 0 Å². The van der Waals surface area contributed by atoms with Gasteiger partial charge in [-0.2, -0.15) is 0 Å². The molecular formula is C14H17N5O. The summed E-state index contributed by atoms with van der Waals surface area (Å²) in [5.41, 5.74) is 2.00. The lowest BCUT2D eigenvalue weighted by atomic mass is 10.2. The van der Waals surface area contributed by atoms with Crippen molar-refractivity contribution < 1.29 is 4.79 Å². The zero-order valence-corrected chi connectivity index (χ0v) is 11.7. The summed E-state index contributed by atoms with van der Waals surface area (Å²) in [5.74, 6) is 0.269. The lowest BCUT2D eigenvalue weighted by molar-refractivity contribution is 0.102. The number of carbonyl (C=O) groups is 1. The summed E-state index contributed by atoms with van der Waals surface area (Å²) in [6.07, 6.45) is 3.00. The van der Waals surface area contributed by atoms with E-state index in [-0.39, 0.29) is 11.6 Å². The smallest absolute Gasteiger partial charge is 0.275 e. The fourth-order valence-electron chi connectivity index (χ4n) is 1.65. The number of hydrogen-bond acceptors (Lipinski definition) is 5. The van der Waals surface area contributed by atoms with Crippen LogP contribution in [-0.4, -0.2) is 37.0 Å². The standard InChI is InChI=1S/C14H17N5O/c1-15-13-9-16-8-12(18-13)14(20)17-10-5-4-6-11(7-10)19(2)3/h4-9H,1-3H3,(H,15,18)(H,17,20). The van der Waals surface area contributed by atoms with Gasteiger partial charge in [-0.05, 0) is 18.2 Å². The Labute approximate surface area is 117 Å². The normalized spacial score (nSPS) is 9.95. The Hall–Kier alpha value is -2.63. The van der Waals surface area contributed by atoms with Crippen molar-refractivity contribution >= 4 is 23.1 Å². The highest BCUT2D eigenvalue weighted by Crippen LogP contribution is 2.17. The van der Waals surface area contributed by atoms with Crippen molar-refractivity contribution in [1.29, 1.82) is 0 Å². The Bertz CT molecular complexity index is 612. The first kappa shape index (κ1) is 13.8. The number of nitrogens with zero attached hydrogens (tertiary/aromatic N) is 3. The minimum Gasteiger partial charge on any atom is -0.378 e. The van der Waals surface area contributed by atoms with Crippen molar-refractivity contribution in [3.8, 4) is 0 Å². The van der Waals surface area contributed by atoms with E-state index in [2.05, 4.69) is 20.6 Å². The van der Waals surface area contributed by atoms with Crippen LogP contribution in [0.2, 0.25) is 0 Å². The van der Waals surface area contributed by atoms with Crippen LogP contribution >= 0.6 is 0 Å². The molecule has 20 heavy (non-hydrogen) atoms. The topological polar surface area (TPSA) is 70.2 Å². The van der Waals surface area contributed by atoms with Gasteiger partial charge in [-0.3, -0.25) is 9.78 Å². The predicted octanol–water partition coefficient (Wildman–Crippen LogP) is 1.84. The number of amides is 1. The van der Waals surface area contributed by atoms with Crippen molar-refractivity contribution in [3.05, 3.63) is 42.4 Å². The zero-order valence-electron chi connectivity index (χ0n) is 11.7. The average Bonchev–Trinajstić information content (AvgIpc) is 2.47. The molecule has 0 aliphatic rings. The Morgan fingerprint density at radius 1 is 1.25 bits per heavy atom. The summed E-state index contributed by atoms with van der Waals surface area (Å²) in [6.45, 7) is 0. The highest BCUT2D eigenvalue weighted by atomic mass is 16.1. The lowest BCUT2D eigenvalue weighted by Crippen LogP contribution is -2.15. The second kappa shape index (κ2) is 6.01. The van der Waals surface area contributed by atoms with E-state index < -0.39 is 0 Å². The van der Waals surface area contributed by atoms with Gasteiger partial charge in [0.2, 0.25) is 0 Å². The number of rotatable bonds is 4. The maximum Gasteiger partial charge on any atom is 0.275 e. The van der Waals surface area contributed by atoms with Crippen molar-refractivity contribution in [2.24, 2.45) is 0 Å². The predicted molar refractivity (Wildman–Crippen MR) is 80.3 cm³/mol. The fraction of sp³-hybridized carbons (Fsp3) is 0.214. The van der Waals surface area contributed by atoms with Gasteiger partial charge in [0.05, 0.1) is 12.4 Å². The van der Waals surface area contributed by atoms with Crippen LogP contribution in [0, 0.1) is 0 Å². The van der Waals surface area contributed by atoms with E-state index in [1.165, 1.54) is 6.20 Å². The van der Waals surface area contributed by atoms with Gasteiger partial charge in [0, 0.05) is 32.5 Å². The van der Waals surface area contributed by atoms with Crippen LogP contribution in [0.3, 0.4) is 0 Å². The van der Waals surface area contributed by atoms with Crippen molar-refractivity contribution in [3.63, 3.8) is 0 Å². The molecule has 104 valence electrons. The van der Waals surface area contributed by atoms with E-state index in [1.54, 1.807) is 13.2 Å². The number of hydrogen-bond donors (Lipinski definition) is 2. The summed E-state index contributed by atoms with van der Waals surface area (Å²) in [5, 5.41) is 5.66. The van der Waals surface area contributed by atoms with Crippen LogP contribution in [-0.2, 0) is 0 Å². The van der Waals surface area contributed by atoms with Gasteiger partial charge in [0.25, 0.3) is 5.91 Å². The van der Waals surface area contributed by atoms with E-state index in [9.17, 15) is 4.79 Å². The van der Waals surface area contributed by atoms with E-state index in [1.807, 2.05) is 43.3 Å². The second-order valence-electron chi connectivity index (χ2n) is 4.44. The SMILES string of the molecule is CNc1cncc(C(=O)Nc2cccc(N(C)C)c2)n1. The quantitative estimate of drug-likeness (QED) is 0.888. The molecule has 0 bridgehead atoms. The Balaban J connectivity index is 2.16. The first-order valence-electron chi connectivity index (χ1n) is 6.18. The van der Waals surface area contributed by atoms with Gasteiger partial charge in [-0.15, -0.1) is 0 Å². The van der Waals surface area contributed by atoms with Gasteiger partial charge >= 0.3 is 0 Å². The summed E-state index contributed by atoms with van der Waals surface area (Å²) < 4.78 is 0. The van der Waals surface area contributed by atoms with E-state index in [0.717, 1.165) is 11.4 Å². The molecule has 1 aromatic carbocycles. The van der Waals surface area contributed by atoms with Crippen LogP contribution in [0.5, 0.6) is 0 Å². The van der Waals surface area contributed by atoms with Crippen LogP contribution in [0.1, 0.15) is 10.5 Å². The molecule has 6 nitrogen and oxygen atoms in total. The molecular weight excluding hydrogens is 254 g/mol. The lowest BCUT2D eigenvalue weighted by Gasteiger charge is -2.14. The number of benzene rings is 1. The number of anilines is 3. The summed E-state index contributed by atoms with van der Waals surface area (Å²) in [4.78, 5) is 22.2. The summed E-state index contributed by atoms with van der Waals surface area (Å²) >= 11 is 0. The molecule has 0 unspecified atom stereocenters. The Kier molecular flexibility index (Phi) is 4.14. The van der Waals surface area contributed by atoms with Gasteiger partial charge < -0.3 is 15.5 Å². The zero-order chi connectivity index (χ0) is 14.5. The molecule has 2 rings (SSSR count). The van der Waals surface area contributed by atoms with Gasteiger partial charge in [0.1, 0.15) is 11.5 Å². The molecule has 0 aliphatic carbocycles. The third kappa shape index (κ3) is 3.23. The molecule has 0 spiro atoms. The first-order chi connectivity index (χ1) is 9.60. The van der Waals surface area contributed by atoms with Gasteiger partial charge in [-0.1, -0.05) is 6.07 Å². The van der Waals surface area contributed by atoms with Crippen LogP contribution in [0.4, 0.5) is 17.2 Å². The minimum atomic E-state index is -0.287. The fourth-order valence-corrected chi connectivity index (χ4v) is 1.65. The molecule has 2 aromatic rings. The molecule has 0 aliphatic heterocycles. The molecule has 0 atom stereocenters. The maximum absolute atomic E-state index is 12.1.